The molecule has 122 valence electrons. The van der Waals surface area contributed by atoms with E-state index >= 15 is 0 Å². The Balaban J connectivity index is 1.65. The van der Waals surface area contributed by atoms with E-state index in [1.807, 2.05) is 18.2 Å². The topological polar surface area (TPSA) is 90.1 Å². The lowest BCUT2D eigenvalue weighted by Crippen LogP contribution is -2.23. The maximum absolute atomic E-state index is 12.4. The van der Waals surface area contributed by atoms with Gasteiger partial charge in [0.25, 0.3) is 5.91 Å². The molecule has 3 rings (SSSR count). The van der Waals surface area contributed by atoms with Crippen LogP contribution >= 0.6 is 0 Å². The molecule has 1 aromatic carbocycles. The third-order valence-corrected chi connectivity index (χ3v) is 3.21. The highest BCUT2D eigenvalue weighted by molar-refractivity contribution is 5.96. The van der Waals surface area contributed by atoms with Gasteiger partial charge < -0.3 is 14.6 Å². The minimum Gasteiger partial charge on any atom is -0.485 e. The van der Waals surface area contributed by atoms with Crippen LogP contribution in [0.3, 0.4) is 0 Å². The van der Waals surface area contributed by atoms with Crippen LogP contribution in [0.15, 0.2) is 53.2 Å². The Morgan fingerprint density at radius 2 is 2.04 bits per heavy atom. The number of ether oxygens (including phenoxy) is 1. The van der Waals surface area contributed by atoms with Crippen molar-refractivity contribution in [3.8, 4) is 5.75 Å². The van der Waals surface area contributed by atoms with Gasteiger partial charge in [-0.2, -0.15) is 4.98 Å². The Morgan fingerprint density at radius 1 is 1.21 bits per heavy atom. The molecule has 0 aliphatic heterocycles. The van der Waals surface area contributed by atoms with Crippen molar-refractivity contribution in [1.29, 1.82) is 0 Å². The van der Waals surface area contributed by atoms with Crippen molar-refractivity contribution in [2.75, 3.05) is 0 Å². The molecule has 7 heteroatoms. The first-order valence-electron chi connectivity index (χ1n) is 7.41. The number of para-hydroxylation sites is 1. The van der Waals surface area contributed by atoms with Crippen LogP contribution in [0, 0.1) is 6.92 Å². The maximum Gasteiger partial charge on any atom is 0.255 e. The molecule has 0 fully saturated rings. The molecular weight excluding hydrogens is 308 g/mol. The zero-order valence-electron chi connectivity index (χ0n) is 13.1. The number of aromatic nitrogens is 3. The van der Waals surface area contributed by atoms with Crippen molar-refractivity contribution in [3.63, 3.8) is 0 Å². The molecule has 0 saturated heterocycles. The minimum absolute atomic E-state index is 0.127. The van der Waals surface area contributed by atoms with Crippen LogP contribution in [0.2, 0.25) is 0 Å². The molecule has 0 aliphatic carbocycles. The van der Waals surface area contributed by atoms with E-state index in [0.29, 0.717) is 29.6 Å². The number of aryl methyl sites for hydroxylation is 1. The van der Waals surface area contributed by atoms with Crippen molar-refractivity contribution < 1.29 is 14.1 Å². The van der Waals surface area contributed by atoms with Crippen molar-refractivity contribution in [2.45, 2.75) is 20.1 Å². The second-order valence-electron chi connectivity index (χ2n) is 5.02. The van der Waals surface area contributed by atoms with E-state index in [1.165, 1.54) is 0 Å². The van der Waals surface area contributed by atoms with Crippen LogP contribution in [0.4, 0.5) is 0 Å². The number of nitrogens with one attached hydrogen (secondary N) is 1. The Kier molecular flexibility index (Phi) is 4.81. The molecule has 0 spiro atoms. The first-order valence-corrected chi connectivity index (χ1v) is 7.41. The van der Waals surface area contributed by atoms with Crippen molar-refractivity contribution in [2.24, 2.45) is 0 Å². The fourth-order valence-corrected chi connectivity index (χ4v) is 2.09. The van der Waals surface area contributed by atoms with Gasteiger partial charge in [-0.05, 0) is 24.3 Å². The Labute approximate surface area is 138 Å². The Bertz CT molecular complexity index is 817. The summed E-state index contributed by atoms with van der Waals surface area (Å²) in [4.78, 5) is 20.6. The molecule has 0 radical (unpaired) electrons. The van der Waals surface area contributed by atoms with Gasteiger partial charge >= 0.3 is 0 Å². The molecule has 3 aromatic rings. The van der Waals surface area contributed by atoms with E-state index < -0.39 is 0 Å². The number of hydrogen-bond donors (Lipinski definition) is 1. The average molecular weight is 324 g/mol. The highest BCUT2D eigenvalue weighted by Gasteiger charge is 2.13. The number of rotatable bonds is 6. The number of pyridine rings is 1. The van der Waals surface area contributed by atoms with Gasteiger partial charge in [0, 0.05) is 13.1 Å². The fourth-order valence-electron chi connectivity index (χ4n) is 2.09. The van der Waals surface area contributed by atoms with E-state index in [4.69, 9.17) is 9.26 Å². The van der Waals surface area contributed by atoms with Gasteiger partial charge in [0.15, 0.2) is 6.61 Å². The molecule has 1 amide bonds. The number of benzene rings is 1. The molecule has 0 aliphatic rings. The maximum atomic E-state index is 12.4. The quantitative estimate of drug-likeness (QED) is 0.748. The monoisotopic (exact) mass is 324 g/mol. The fraction of sp³-hybridized carbons (Fsp3) is 0.176. The number of carbonyl (C=O) groups is 1. The van der Waals surface area contributed by atoms with Crippen LogP contribution in [-0.4, -0.2) is 21.0 Å². The third-order valence-electron chi connectivity index (χ3n) is 3.21. The van der Waals surface area contributed by atoms with Gasteiger partial charge in [-0.3, -0.25) is 9.78 Å². The molecule has 7 nitrogen and oxygen atoms in total. The van der Waals surface area contributed by atoms with Crippen LogP contribution in [-0.2, 0) is 13.2 Å². The van der Waals surface area contributed by atoms with E-state index in [2.05, 4.69) is 20.4 Å². The number of hydrogen-bond acceptors (Lipinski definition) is 6. The second-order valence-corrected chi connectivity index (χ2v) is 5.02. The first-order chi connectivity index (χ1) is 11.7. The molecule has 0 atom stereocenters. The molecule has 1 N–H and O–H groups in total. The highest BCUT2D eigenvalue weighted by Crippen LogP contribution is 2.19. The predicted molar refractivity (Wildman–Crippen MR) is 85.2 cm³/mol. The summed E-state index contributed by atoms with van der Waals surface area (Å²) < 4.78 is 10.5. The summed E-state index contributed by atoms with van der Waals surface area (Å²) in [6, 6.07) is 12.5. The van der Waals surface area contributed by atoms with Crippen LogP contribution < -0.4 is 10.1 Å². The van der Waals surface area contributed by atoms with E-state index in [9.17, 15) is 4.79 Å². The lowest BCUT2D eigenvalue weighted by atomic mass is 10.2. The first kappa shape index (κ1) is 15.7. The van der Waals surface area contributed by atoms with Gasteiger partial charge in [0.1, 0.15) is 5.75 Å². The Morgan fingerprint density at radius 3 is 2.79 bits per heavy atom. The van der Waals surface area contributed by atoms with Crippen molar-refractivity contribution in [3.05, 3.63) is 71.6 Å². The number of nitrogens with zero attached hydrogens (tertiary/aromatic N) is 3. The average Bonchev–Trinajstić information content (AvgIpc) is 3.04. The molecule has 0 bridgehead atoms. The lowest BCUT2D eigenvalue weighted by molar-refractivity contribution is 0.0945. The summed E-state index contributed by atoms with van der Waals surface area (Å²) in [6.07, 6.45) is 1.69. The molecule has 2 aromatic heterocycles. The van der Waals surface area contributed by atoms with Crippen LogP contribution in [0.25, 0.3) is 0 Å². The molecule has 0 unspecified atom stereocenters. The normalized spacial score (nSPS) is 10.4. The zero-order valence-corrected chi connectivity index (χ0v) is 13.1. The summed E-state index contributed by atoms with van der Waals surface area (Å²) in [5, 5.41) is 6.59. The van der Waals surface area contributed by atoms with Crippen LogP contribution in [0.5, 0.6) is 5.75 Å². The second kappa shape index (κ2) is 7.36. The van der Waals surface area contributed by atoms with Gasteiger partial charge in [0.05, 0.1) is 17.8 Å². The summed E-state index contributed by atoms with van der Waals surface area (Å²) in [7, 11) is 0. The number of amides is 1. The van der Waals surface area contributed by atoms with Crippen molar-refractivity contribution >= 4 is 5.91 Å². The number of carbonyl (C=O) groups excluding carboxylic acids is 1. The molecular formula is C17H16N4O3. The Hall–Kier alpha value is -3.22. The van der Waals surface area contributed by atoms with Gasteiger partial charge in [-0.15, -0.1) is 0 Å². The minimum atomic E-state index is -0.236. The molecule has 2 heterocycles. The van der Waals surface area contributed by atoms with Crippen LogP contribution in [0.1, 0.15) is 27.8 Å². The molecule has 24 heavy (non-hydrogen) atoms. The lowest BCUT2D eigenvalue weighted by Gasteiger charge is -2.10. The SMILES string of the molecule is Cc1nc(COc2ccccc2C(=O)NCc2ccccn2)no1. The van der Waals surface area contributed by atoms with Crippen molar-refractivity contribution in [1.82, 2.24) is 20.4 Å². The van der Waals surface area contributed by atoms with Gasteiger partial charge in [0.2, 0.25) is 11.7 Å². The largest absolute Gasteiger partial charge is 0.485 e. The van der Waals surface area contributed by atoms with E-state index in [0.717, 1.165) is 5.69 Å². The van der Waals surface area contributed by atoms with E-state index in [1.54, 1.807) is 37.4 Å². The zero-order chi connectivity index (χ0) is 16.8. The predicted octanol–water partition coefficient (Wildman–Crippen LogP) is 2.28. The smallest absolute Gasteiger partial charge is 0.255 e. The molecule has 0 saturated carbocycles. The summed E-state index contributed by atoms with van der Waals surface area (Å²) in [5.74, 6) is 1.12. The standard InChI is InChI=1S/C17H16N4O3/c1-12-20-16(21-24-12)11-23-15-8-3-2-7-14(15)17(22)19-10-13-6-4-5-9-18-13/h2-9H,10-11H2,1H3,(H,19,22). The summed E-state index contributed by atoms with van der Waals surface area (Å²) in [5.41, 5.74) is 1.22. The van der Waals surface area contributed by atoms with E-state index in [-0.39, 0.29) is 12.5 Å². The summed E-state index contributed by atoms with van der Waals surface area (Å²) >= 11 is 0. The summed E-state index contributed by atoms with van der Waals surface area (Å²) in [6.45, 7) is 2.18. The highest BCUT2D eigenvalue weighted by atomic mass is 16.5. The third kappa shape index (κ3) is 3.95. The van der Waals surface area contributed by atoms with Gasteiger partial charge in [-0.25, -0.2) is 0 Å². The van der Waals surface area contributed by atoms with Gasteiger partial charge in [-0.1, -0.05) is 23.4 Å².